The van der Waals surface area contributed by atoms with Gasteiger partial charge in [-0.15, -0.1) is 0 Å². The lowest BCUT2D eigenvalue weighted by molar-refractivity contribution is 0.657. The summed E-state index contributed by atoms with van der Waals surface area (Å²) in [6.45, 7) is 7.16. The molecule has 1 N–H and O–H groups in total. The summed E-state index contributed by atoms with van der Waals surface area (Å²) in [6, 6.07) is 0.666. The predicted molar refractivity (Wildman–Crippen MR) is 76.1 cm³/mol. The van der Waals surface area contributed by atoms with Gasteiger partial charge in [-0.3, -0.25) is 9.36 Å². The molecule has 1 aliphatic carbocycles. The van der Waals surface area contributed by atoms with Crippen LogP contribution in [-0.4, -0.2) is 22.1 Å². The average Bonchev–Trinajstić information content (AvgIpc) is 3.11. The van der Waals surface area contributed by atoms with Crippen molar-refractivity contribution in [3.63, 3.8) is 0 Å². The Morgan fingerprint density at radius 3 is 3.06 bits per heavy atom. The summed E-state index contributed by atoms with van der Waals surface area (Å²) in [5, 5.41) is 3.38. The molecular weight excluding hydrogens is 329 g/mol. The summed E-state index contributed by atoms with van der Waals surface area (Å²) in [5.41, 5.74) is 1.82. The topological polar surface area (TPSA) is 46.9 Å². The van der Waals surface area contributed by atoms with E-state index in [-0.39, 0.29) is 5.56 Å². The van der Waals surface area contributed by atoms with Crippen molar-refractivity contribution >= 4 is 22.6 Å². The molecule has 0 aliphatic heterocycles. The predicted octanol–water partition coefficient (Wildman–Crippen LogP) is 1.46. The van der Waals surface area contributed by atoms with Gasteiger partial charge >= 0.3 is 0 Å². The van der Waals surface area contributed by atoms with Crippen LogP contribution in [0.1, 0.15) is 18.5 Å². The van der Waals surface area contributed by atoms with Crippen LogP contribution in [0.2, 0.25) is 0 Å². The Morgan fingerprint density at radius 2 is 2.41 bits per heavy atom. The first-order valence-corrected chi connectivity index (χ1v) is 6.77. The van der Waals surface area contributed by atoms with Gasteiger partial charge in [-0.05, 0) is 47.9 Å². The van der Waals surface area contributed by atoms with E-state index >= 15 is 0 Å². The Hall–Kier alpha value is -0.690. The molecule has 0 atom stereocenters. The molecular formula is C12H16IN3O. The maximum Gasteiger partial charge on any atom is 0.267 e. The lowest BCUT2D eigenvalue weighted by Crippen LogP contribution is -2.27. The minimum Gasteiger partial charge on any atom is -0.310 e. The SMILES string of the molecule is C=C(CNC1CC1)Cn1cnc(C)c(I)c1=O. The first-order chi connectivity index (χ1) is 8.08. The summed E-state index contributed by atoms with van der Waals surface area (Å²) < 4.78 is 2.30. The highest BCUT2D eigenvalue weighted by atomic mass is 127. The van der Waals surface area contributed by atoms with Gasteiger partial charge in [0.05, 0.1) is 15.6 Å². The minimum absolute atomic E-state index is 0.0191. The maximum absolute atomic E-state index is 11.9. The van der Waals surface area contributed by atoms with Gasteiger partial charge in [-0.25, -0.2) is 4.98 Å². The normalized spacial score (nSPS) is 14.9. The molecule has 2 rings (SSSR count). The standard InChI is InChI=1S/C12H16IN3O/c1-8(5-14-10-3-4-10)6-16-7-15-9(2)11(13)12(16)17/h7,10,14H,1,3-6H2,2H3. The number of rotatable bonds is 5. The molecule has 0 bridgehead atoms. The van der Waals surface area contributed by atoms with Gasteiger partial charge in [-0.1, -0.05) is 6.58 Å². The van der Waals surface area contributed by atoms with Crippen LogP contribution < -0.4 is 10.9 Å². The number of hydrogen-bond donors (Lipinski definition) is 1. The van der Waals surface area contributed by atoms with Crippen molar-refractivity contribution in [2.45, 2.75) is 32.4 Å². The van der Waals surface area contributed by atoms with Crippen LogP contribution in [0.3, 0.4) is 0 Å². The van der Waals surface area contributed by atoms with E-state index in [4.69, 9.17) is 0 Å². The zero-order valence-corrected chi connectivity index (χ0v) is 12.0. The van der Waals surface area contributed by atoms with Gasteiger partial charge in [0.2, 0.25) is 0 Å². The molecule has 1 aromatic heterocycles. The van der Waals surface area contributed by atoms with Crippen LogP contribution in [-0.2, 0) is 6.54 Å². The molecule has 1 heterocycles. The summed E-state index contributed by atoms with van der Waals surface area (Å²) >= 11 is 2.04. The summed E-state index contributed by atoms with van der Waals surface area (Å²) in [5.74, 6) is 0. The fraction of sp³-hybridized carbons (Fsp3) is 0.500. The van der Waals surface area contributed by atoms with Crippen LogP contribution in [0.4, 0.5) is 0 Å². The summed E-state index contributed by atoms with van der Waals surface area (Å²) in [4.78, 5) is 16.1. The van der Waals surface area contributed by atoms with E-state index < -0.39 is 0 Å². The van der Waals surface area contributed by atoms with E-state index in [1.165, 1.54) is 12.8 Å². The number of aromatic nitrogens is 2. The average molecular weight is 345 g/mol. The number of nitrogens with one attached hydrogen (secondary N) is 1. The molecule has 4 nitrogen and oxygen atoms in total. The van der Waals surface area contributed by atoms with Crippen LogP contribution in [0.25, 0.3) is 0 Å². The second-order valence-corrected chi connectivity index (χ2v) is 5.56. The molecule has 1 fully saturated rings. The molecule has 17 heavy (non-hydrogen) atoms. The van der Waals surface area contributed by atoms with Gasteiger partial charge in [0.1, 0.15) is 0 Å². The van der Waals surface area contributed by atoms with Crippen molar-refractivity contribution in [3.8, 4) is 0 Å². The number of nitrogens with zero attached hydrogens (tertiary/aromatic N) is 2. The minimum atomic E-state index is 0.0191. The van der Waals surface area contributed by atoms with Crippen molar-refractivity contribution in [2.75, 3.05) is 6.54 Å². The molecule has 0 saturated heterocycles. The van der Waals surface area contributed by atoms with E-state index in [1.54, 1.807) is 10.9 Å². The molecule has 5 heteroatoms. The molecule has 92 valence electrons. The Balaban J connectivity index is 2.00. The smallest absolute Gasteiger partial charge is 0.267 e. The van der Waals surface area contributed by atoms with E-state index in [0.717, 1.165) is 17.8 Å². The van der Waals surface area contributed by atoms with Crippen molar-refractivity contribution in [3.05, 3.63) is 38.1 Å². The number of aryl methyl sites for hydroxylation is 1. The van der Waals surface area contributed by atoms with Crippen molar-refractivity contribution in [1.29, 1.82) is 0 Å². The first kappa shape index (κ1) is 12.8. The first-order valence-electron chi connectivity index (χ1n) is 5.69. The highest BCUT2D eigenvalue weighted by Gasteiger charge is 2.20. The zero-order chi connectivity index (χ0) is 12.4. The molecule has 0 radical (unpaired) electrons. The quantitative estimate of drug-likeness (QED) is 0.649. The fourth-order valence-corrected chi connectivity index (χ4v) is 1.98. The molecule has 0 aromatic carbocycles. The largest absolute Gasteiger partial charge is 0.310 e. The number of halogens is 1. The molecule has 1 saturated carbocycles. The Labute approximate surface area is 114 Å². The van der Waals surface area contributed by atoms with Gasteiger partial charge < -0.3 is 5.32 Å². The van der Waals surface area contributed by atoms with Crippen LogP contribution in [0.5, 0.6) is 0 Å². The Kier molecular flexibility index (Phi) is 3.98. The zero-order valence-electron chi connectivity index (χ0n) is 9.87. The molecule has 1 aromatic rings. The van der Waals surface area contributed by atoms with Crippen molar-refractivity contribution in [1.82, 2.24) is 14.9 Å². The lowest BCUT2D eigenvalue weighted by Gasteiger charge is -2.10. The van der Waals surface area contributed by atoms with Gasteiger partial charge in [-0.2, -0.15) is 0 Å². The molecule has 1 aliphatic rings. The molecule has 0 amide bonds. The monoisotopic (exact) mass is 345 g/mol. The lowest BCUT2D eigenvalue weighted by atomic mass is 10.3. The second kappa shape index (κ2) is 5.30. The van der Waals surface area contributed by atoms with Gasteiger partial charge in [0.25, 0.3) is 5.56 Å². The Morgan fingerprint density at radius 1 is 1.71 bits per heavy atom. The highest BCUT2D eigenvalue weighted by molar-refractivity contribution is 14.1. The Bertz CT molecular complexity index is 491. The van der Waals surface area contributed by atoms with Crippen LogP contribution >= 0.6 is 22.6 Å². The van der Waals surface area contributed by atoms with Gasteiger partial charge in [0, 0.05) is 19.1 Å². The summed E-state index contributed by atoms with van der Waals surface area (Å²) in [6.07, 6.45) is 4.12. The number of hydrogen-bond acceptors (Lipinski definition) is 3. The van der Waals surface area contributed by atoms with Crippen molar-refractivity contribution in [2.24, 2.45) is 0 Å². The van der Waals surface area contributed by atoms with Crippen molar-refractivity contribution < 1.29 is 0 Å². The van der Waals surface area contributed by atoms with E-state index in [2.05, 4.69) is 16.9 Å². The van der Waals surface area contributed by atoms with Gasteiger partial charge in [0.15, 0.2) is 0 Å². The van der Waals surface area contributed by atoms with E-state index in [0.29, 0.717) is 16.2 Å². The molecule has 0 unspecified atom stereocenters. The third kappa shape index (κ3) is 3.38. The van der Waals surface area contributed by atoms with E-state index in [9.17, 15) is 4.79 Å². The van der Waals surface area contributed by atoms with Crippen LogP contribution in [0.15, 0.2) is 23.3 Å². The third-order valence-corrected chi connectivity index (χ3v) is 4.01. The molecule has 0 spiro atoms. The van der Waals surface area contributed by atoms with Crippen LogP contribution in [0, 0.1) is 10.5 Å². The highest BCUT2D eigenvalue weighted by Crippen LogP contribution is 2.18. The summed E-state index contributed by atoms with van der Waals surface area (Å²) in [7, 11) is 0. The third-order valence-electron chi connectivity index (χ3n) is 2.77. The maximum atomic E-state index is 11.9. The second-order valence-electron chi connectivity index (χ2n) is 4.48. The fourth-order valence-electron chi connectivity index (χ4n) is 1.53. The van der Waals surface area contributed by atoms with E-state index in [1.807, 2.05) is 29.5 Å².